The van der Waals surface area contributed by atoms with E-state index in [4.69, 9.17) is 5.11 Å². The number of carboxylic acid groups (broad SMARTS) is 1. The molecule has 0 atom stereocenters. The van der Waals surface area contributed by atoms with Gasteiger partial charge in [-0.2, -0.15) is 0 Å². The monoisotopic (exact) mass is 271 g/mol. The summed E-state index contributed by atoms with van der Waals surface area (Å²) in [5.41, 5.74) is 2.82. The van der Waals surface area contributed by atoms with Gasteiger partial charge in [0.05, 0.1) is 18.4 Å². The summed E-state index contributed by atoms with van der Waals surface area (Å²) in [5.74, 6) is -0.861. The quantitative estimate of drug-likeness (QED) is 0.925. The van der Waals surface area contributed by atoms with Gasteiger partial charge in [-0.25, -0.2) is 4.98 Å². The largest absolute Gasteiger partial charge is 0.481 e. The number of rotatable bonds is 4. The minimum Gasteiger partial charge on any atom is -0.481 e. The topological polar surface area (TPSA) is 58.4 Å². The smallest absolute Gasteiger partial charge is 0.309 e. The first-order chi connectivity index (χ1) is 9.72. The van der Waals surface area contributed by atoms with Crippen molar-refractivity contribution in [1.82, 2.24) is 9.55 Å². The Balaban J connectivity index is 1.76. The average molecular weight is 271 g/mol. The number of imidazole rings is 1. The molecule has 5 heteroatoms. The Bertz CT molecular complexity index is 598. The summed E-state index contributed by atoms with van der Waals surface area (Å²) >= 11 is 0. The van der Waals surface area contributed by atoms with E-state index in [1.807, 2.05) is 16.7 Å². The second-order valence-corrected chi connectivity index (χ2v) is 5.05. The number of nitrogens with zero attached hydrogens (tertiary/aromatic N) is 3. The van der Waals surface area contributed by atoms with Crippen LogP contribution in [0.1, 0.15) is 18.5 Å². The number of aromatic nitrogens is 2. The molecule has 0 radical (unpaired) electrons. The second-order valence-electron chi connectivity index (χ2n) is 5.05. The van der Waals surface area contributed by atoms with Crippen LogP contribution in [0.2, 0.25) is 0 Å². The third kappa shape index (κ3) is 2.66. The summed E-state index contributed by atoms with van der Waals surface area (Å²) in [6, 6.07) is 8.30. The Morgan fingerprint density at radius 2 is 1.80 bits per heavy atom. The van der Waals surface area contributed by atoms with E-state index in [0.717, 1.165) is 18.8 Å². The lowest BCUT2D eigenvalue weighted by molar-refractivity contribution is -0.136. The van der Waals surface area contributed by atoms with Crippen molar-refractivity contribution in [2.45, 2.75) is 19.3 Å². The van der Waals surface area contributed by atoms with E-state index in [-0.39, 0.29) is 6.42 Å². The van der Waals surface area contributed by atoms with E-state index < -0.39 is 5.97 Å². The van der Waals surface area contributed by atoms with Crippen LogP contribution < -0.4 is 4.90 Å². The third-order valence-electron chi connectivity index (χ3n) is 3.59. The van der Waals surface area contributed by atoms with Crippen molar-refractivity contribution in [3.05, 3.63) is 42.5 Å². The van der Waals surface area contributed by atoms with Gasteiger partial charge >= 0.3 is 5.97 Å². The molecule has 20 heavy (non-hydrogen) atoms. The van der Waals surface area contributed by atoms with Crippen LogP contribution in [0, 0.1) is 0 Å². The number of carboxylic acids is 1. The highest BCUT2D eigenvalue weighted by Gasteiger charge is 2.12. The van der Waals surface area contributed by atoms with Crippen LogP contribution in [0.4, 0.5) is 5.69 Å². The van der Waals surface area contributed by atoms with Gasteiger partial charge < -0.3 is 14.6 Å². The van der Waals surface area contributed by atoms with E-state index in [1.165, 1.54) is 18.5 Å². The van der Waals surface area contributed by atoms with Crippen LogP contribution in [0.5, 0.6) is 0 Å². The molecule has 1 aromatic carbocycles. The van der Waals surface area contributed by atoms with Crippen LogP contribution >= 0.6 is 0 Å². The zero-order chi connectivity index (χ0) is 13.9. The Kier molecular flexibility index (Phi) is 3.41. The van der Waals surface area contributed by atoms with Gasteiger partial charge in [-0.1, -0.05) is 0 Å². The lowest BCUT2D eigenvalue weighted by Crippen LogP contribution is -2.17. The van der Waals surface area contributed by atoms with Gasteiger partial charge in [-0.3, -0.25) is 4.79 Å². The predicted octanol–water partition coefficient (Wildman–Crippen LogP) is 2.10. The molecule has 1 aliphatic rings. The molecular formula is C15H17N3O2. The molecule has 1 aliphatic heterocycles. The maximum atomic E-state index is 10.7. The summed E-state index contributed by atoms with van der Waals surface area (Å²) in [5, 5.41) is 8.75. The van der Waals surface area contributed by atoms with Crippen molar-refractivity contribution in [3.8, 4) is 5.69 Å². The zero-order valence-electron chi connectivity index (χ0n) is 11.2. The summed E-state index contributed by atoms with van der Waals surface area (Å²) in [7, 11) is 0. The van der Waals surface area contributed by atoms with Crippen molar-refractivity contribution in [2.24, 2.45) is 0 Å². The van der Waals surface area contributed by atoms with Crippen LogP contribution in [-0.2, 0) is 11.2 Å². The van der Waals surface area contributed by atoms with Gasteiger partial charge in [0, 0.05) is 30.7 Å². The highest BCUT2D eigenvalue weighted by molar-refractivity contribution is 5.69. The SMILES string of the molecule is O=C(O)Cc1cn(-c2ccc(N3CCCC3)cc2)cn1. The van der Waals surface area contributed by atoms with Crippen LogP contribution in [0.3, 0.4) is 0 Å². The molecular weight excluding hydrogens is 254 g/mol. The molecule has 0 saturated carbocycles. The number of benzene rings is 1. The van der Waals surface area contributed by atoms with Crippen LogP contribution in [-0.4, -0.2) is 33.7 Å². The van der Waals surface area contributed by atoms with Gasteiger partial charge in [0.25, 0.3) is 0 Å². The molecule has 1 aromatic heterocycles. The highest BCUT2D eigenvalue weighted by Crippen LogP contribution is 2.21. The lowest BCUT2D eigenvalue weighted by atomic mass is 10.2. The second kappa shape index (κ2) is 5.36. The van der Waals surface area contributed by atoms with Gasteiger partial charge in [-0.15, -0.1) is 0 Å². The molecule has 0 amide bonds. The summed E-state index contributed by atoms with van der Waals surface area (Å²) in [6.07, 6.45) is 5.91. The first kappa shape index (κ1) is 12.7. The molecule has 5 nitrogen and oxygen atoms in total. The highest BCUT2D eigenvalue weighted by atomic mass is 16.4. The maximum absolute atomic E-state index is 10.7. The number of hydrogen-bond acceptors (Lipinski definition) is 3. The fourth-order valence-corrected chi connectivity index (χ4v) is 2.56. The first-order valence-corrected chi connectivity index (χ1v) is 6.82. The molecule has 3 rings (SSSR count). The molecule has 0 aliphatic carbocycles. The van der Waals surface area contributed by atoms with Crippen molar-refractivity contribution < 1.29 is 9.90 Å². The Labute approximate surface area is 117 Å². The molecule has 0 spiro atoms. The number of hydrogen-bond donors (Lipinski definition) is 1. The van der Waals surface area contributed by atoms with Crippen molar-refractivity contribution in [2.75, 3.05) is 18.0 Å². The van der Waals surface area contributed by atoms with Crippen LogP contribution in [0.25, 0.3) is 5.69 Å². The van der Waals surface area contributed by atoms with Crippen molar-refractivity contribution in [1.29, 1.82) is 0 Å². The minimum atomic E-state index is -0.861. The molecule has 2 aromatic rings. The van der Waals surface area contributed by atoms with Crippen molar-refractivity contribution in [3.63, 3.8) is 0 Å². The van der Waals surface area contributed by atoms with E-state index in [1.54, 1.807) is 12.5 Å². The third-order valence-corrected chi connectivity index (χ3v) is 3.59. The molecule has 0 unspecified atom stereocenters. The Morgan fingerprint density at radius 1 is 1.15 bits per heavy atom. The molecule has 2 heterocycles. The Hall–Kier alpha value is -2.30. The van der Waals surface area contributed by atoms with E-state index in [9.17, 15) is 4.79 Å². The summed E-state index contributed by atoms with van der Waals surface area (Å²) in [6.45, 7) is 2.26. The van der Waals surface area contributed by atoms with Crippen LogP contribution in [0.15, 0.2) is 36.8 Å². The van der Waals surface area contributed by atoms with Gasteiger partial charge in [0.15, 0.2) is 0 Å². The van der Waals surface area contributed by atoms with E-state index in [2.05, 4.69) is 22.0 Å². The fraction of sp³-hybridized carbons (Fsp3) is 0.333. The molecule has 1 fully saturated rings. The normalized spacial score (nSPS) is 14.7. The van der Waals surface area contributed by atoms with Gasteiger partial charge in [-0.05, 0) is 37.1 Å². The Morgan fingerprint density at radius 3 is 2.45 bits per heavy atom. The zero-order valence-corrected chi connectivity index (χ0v) is 11.2. The number of anilines is 1. The van der Waals surface area contributed by atoms with Gasteiger partial charge in [0.2, 0.25) is 0 Å². The van der Waals surface area contributed by atoms with E-state index >= 15 is 0 Å². The van der Waals surface area contributed by atoms with E-state index in [0.29, 0.717) is 5.69 Å². The molecule has 1 saturated heterocycles. The summed E-state index contributed by atoms with van der Waals surface area (Å²) < 4.78 is 1.85. The molecule has 0 bridgehead atoms. The first-order valence-electron chi connectivity index (χ1n) is 6.82. The van der Waals surface area contributed by atoms with Crippen molar-refractivity contribution >= 4 is 11.7 Å². The standard InChI is InChI=1S/C15H17N3O2/c19-15(20)9-12-10-18(11-16-12)14-5-3-13(4-6-14)17-7-1-2-8-17/h3-6,10-11H,1-2,7-9H2,(H,19,20). The molecule has 104 valence electrons. The van der Waals surface area contributed by atoms with Gasteiger partial charge in [0.1, 0.15) is 0 Å². The number of aliphatic carboxylic acids is 1. The number of carbonyl (C=O) groups is 1. The summed E-state index contributed by atoms with van der Waals surface area (Å²) in [4.78, 5) is 17.1. The molecule has 1 N–H and O–H groups in total. The lowest BCUT2D eigenvalue weighted by Gasteiger charge is -2.17. The fourth-order valence-electron chi connectivity index (χ4n) is 2.56. The minimum absolute atomic E-state index is 0.0428. The maximum Gasteiger partial charge on any atom is 0.309 e. The average Bonchev–Trinajstić information content (AvgIpc) is 3.09. The predicted molar refractivity (Wildman–Crippen MR) is 76.4 cm³/mol.